The Morgan fingerprint density at radius 2 is 1.91 bits per heavy atom. The minimum absolute atomic E-state index is 0.158. The van der Waals surface area contributed by atoms with Crippen molar-refractivity contribution in [1.29, 1.82) is 0 Å². The minimum Gasteiger partial charge on any atom is -0.458 e. The summed E-state index contributed by atoms with van der Waals surface area (Å²) in [5.74, 6) is 0.966. The first-order valence-electron chi connectivity index (χ1n) is 6.91. The summed E-state index contributed by atoms with van der Waals surface area (Å²) in [4.78, 5) is 0.158. The summed E-state index contributed by atoms with van der Waals surface area (Å²) in [6.45, 7) is -0.159. The summed E-state index contributed by atoms with van der Waals surface area (Å²) in [5.41, 5.74) is 0.929. The minimum atomic E-state index is -3.65. The van der Waals surface area contributed by atoms with Crippen LogP contribution in [-0.2, 0) is 10.0 Å². The van der Waals surface area contributed by atoms with Crippen LogP contribution >= 0.6 is 11.3 Å². The average molecular weight is 349 g/mol. The molecule has 23 heavy (non-hydrogen) atoms. The van der Waals surface area contributed by atoms with E-state index in [4.69, 9.17) is 4.42 Å². The molecule has 0 saturated carbocycles. The van der Waals surface area contributed by atoms with Gasteiger partial charge in [-0.05, 0) is 35.7 Å². The number of benzene rings is 1. The van der Waals surface area contributed by atoms with E-state index in [9.17, 15) is 13.5 Å². The third kappa shape index (κ3) is 3.70. The molecule has 0 fully saturated rings. The van der Waals surface area contributed by atoms with Crippen LogP contribution < -0.4 is 4.72 Å². The fourth-order valence-corrected chi connectivity index (χ4v) is 3.77. The SMILES string of the molecule is O=S(=O)(NC[C@H](O)c1ccc(-c2ccsc2)o1)c1ccccc1. The van der Waals surface area contributed by atoms with Gasteiger partial charge in [-0.2, -0.15) is 11.3 Å². The van der Waals surface area contributed by atoms with Gasteiger partial charge >= 0.3 is 0 Å². The molecule has 0 unspecified atom stereocenters. The van der Waals surface area contributed by atoms with Crippen LogP contribution in [0.25, 0.3) is 11.3 Å². The molecule has 2 aromatic heterocycles. The van der Waals surface area contributed by atoms with Crippen molar-refractivity contribution in [3.05, 3.63) is 65.1 Å². The molecule has 120 valence electrons. The Morgan fingerprint density at radius 3 is 2.61 bits per heavy atom. The lowest BCUT2D eigenvalue weighted by Gasteiger charge is -2.10. The second-order valence-electron chi connectivity index (χ2n) is 4.89. The van der Waals surface area contributed by atoms with Gasteiger partial charge in [-0.15, -0.1) is 0 Å². The van der Waals surface area contributed by atoms with Gasteiger partial charge in [0.25, 0.3) is 0 Å². The van der Waals surface area contributed by atoms with Gasteiger partial charge in [0.1, 0.15) is 17.6 Å². The van der Waals surface area contributed by atoms with E-state index in [2.05, 4.69) is 4.72 Å². The van der Waals surface area contributed by atoms with Gasteiger partial charge in [0.15, 0.2) is 0 Å². The summed E-state index contributed by atoms with van der Waals surface area (Å²) >= 11 is 1.55. The van der Waals surface area contributed by atoms with E-state index in [1.54, 1.807) is 41.7 Å². The highest BCUT2D eigenvalue weighted by molar-refractivity contribution is 7.89. The number of aliphatic hydroxyl groups is 1. The molecule has 0 spiro atoms. The molecule has 0 saturated heterocycles. The van der Waals surface area contributed by atoms with Gasteiger partial charge < -0.3 is 9.52 Å². The zero-order valence-electron chi connectivity index (χ0n) is 12.0. The zero-order chi connectivity index (χ0) is 16.3. The molecule has 0 bridgehead atoms. The van der Waals surface area contributed by atoms with Crippen LogP contribution in [0.4, 0.5) is 0 Å². The Morgan fingerprint density at radius 1 is 1.13 bits per heavy atom. The lowest BCUT2D eigenvalue weighted by atomic mass is 10.2. The van der Waals surface area contributed by atoms with Gasteiger partial charge in [0, 0.05) is 17.5 Å². The van der Waals surface area contributed by atoms with Crippen LogP contribution in [0.5, 0.6) is 0 Å². The maximum atomic E-state index is 12.1. The highest BCUT2D eigenvalue weighted by Crippen LogP contribution is 2.27. The molecule has 3 aromatic rings. The number of aliphatic hydroxyl groups excluding tert-OH is 1. The van der Waals surface area contributed by atoms with E-state index in [0.29, 0.717) is 11.5 Å². The average Bonchev–Trinajstić information content (AvgIpc) is 3.24. The Labute approximate surface area is 138 Å². The van der Waals surface area contributed by atoms with Crippen molar-refractivity contribution in [2.45, 2.75) is 11.0 Å². The third-order valence-electron chi connectivity index (χ3n) is 3.28. The summed E-state index contributed by atoms with van der Waals surface area (Å²) in [6.07, 6.45) is -1.05. The van der Waals surface area contributed by atoms with E-state index in [-0.39, 0.29) is 11.4 Å². The largest absolute Gasteiger partial charge is 0.458 e. The molecule has 1 aromatic carbocycles. The molecule has 0 aliphatic rings. The molecule has 1 atom stereocenters. The number of sulfonamides is 1. The molecule has 0 amide bonds. The first kappa shape index (κ1) is 15.9. The Kier molecular flexibility index (Phi) is 4.63. The van der Waals surface area contributed by atoms with E-state index in [1.807, 2.05) is 16.8 Å². The van der Waals surface area contributed by atoms with E-state index >= 15 is 0 Å². The van der Waals surface area contributed by atoms with Crippen LogP contribution in [0, 0.1) is 0 Å². The Hall–Kier alpha value is -1.93. The standard InChI is InChI=1S/C16H15NO4S2/c18-14(10-17-23(19,20)13-4-2-1-3-5-13)16-7-6-15(21-16)12-8-9-22-11-12/h1-9,11,14,17-18H,10H2/t14-/m0/s1. The predicted molar refractivity (Wildman–Crippen MR) is 88.6 cm³/mol. The zero-order valence-corrected chi connectivity index (χ0v) is 13.7. The molecular weight excluding hydrogens is 334 g/mol. The first-order valence-corrected chi connectivity index (χ1v) is 9.34. The number of hydrogen-bond acceptors (Lipinski definition) is 5. The van der Waals surface area contributed by atoms with E-state index in [1.165, 1.54) is 12.1 Å². The van der Waals surface area contributed by atoms with Gasteiger partial charge in [0.2, 0.25) is 10.0 Å². The molecule has 7 heteroatoms. The second kappa shape index (κ2) is 6.67. The molecule has 3 rings (SSSR count). The number of thiophene rings is 1. The highest BCUT2D eigenvalue weighted by atomic mass is 32.2. The van der Waals surface area contributed by atoms with Crippen molar-refractivity contribution >= 4 is 21.4 Å². The number of nitrogens with one attached hydrogen (secondary N) is 1. The maximum Gasteiger partial charge on any atom is 0.240 e. The van der Waals surface area contributed by atoms with Crippen LogP contribution in [0.1, 0.15) is 11.9 Å². The van der Waals surface area contributed by atoms with E-state index < -0.39 is 16.1 Å². The van der Waals surface area contributed by atoms with Gasteiger partial charge in [-0.1, -0.05) is 18.2 Å². The van der Waals surface area contributed by atoms with Crippen molar-refractivity contribution < 1.29 is 17.9 Å². The molecule has 0 aliphatic carbocycles. The molecule has 2 N–H and O–H groups in total. The normalized spacial score (nSPS) is 13.1. The monoisotopic (exact) mass is 349 g/mol. The first-order chi connectivity index (χ1) is 11.1. The second-order valence-corrected chi connectivity index (χ2v) is 7.44. The highest BCUT2D eigenvalue weighted by Gasteiger charge is 2.18. The smallest absolute Gasteiger partial charge is 0.240 e. The van der Waals surface area contributed by atoms with Crippen LogP contribution in [0.15, 0.2) is 68.6 Å². The molecule has 2 heterocycles. The van der Waals surface area contributed by atoms with Crippen LogP contribution in [0.3, 0.4) is 0 Å². The van der Waals surface area contributed by atoms with Gasteiger partial charge in [0.05, 0.1) is 4.90 Å². The third-order valence-corrected chi connectivity index (χ3v) is 5.40. The van der Waals surface area contributed by atoms with Crippen LogP contribution in [0.2, 0.25) is 0 Å². The molecule has 0 aliphatic heterocycles. The number of furan rings is 1. The topological polar surface area (TPSA) is 79.5 Å². The van der Waals surface area contributed by atoms with Crippen molar-refractivity contribution in [3.8, 4) is 11.3 Å². The summed E-state index contributed by atoms with van der Waals surface area (Å²) in [5, 5.41) is 14.0. The summed E-state index contributed by atoms with van der Waals surface area (Å²) < 4.78 is 32.2. The van der Waals surface area contributed by atoms with Crippen molar-refractivity contribution in [1.82, 2.24) is 4.72 Å². The fraction of sp³-hybridized carbons (Fsp3) is 0.125. The predicted octanol–water partition coefficient (Wildman–Crippen LogP) is 3.02. The molecule has 0 radical (unpaired) electrons. The fourth-order valence-electron chi connectivity index (χ4n) is 2.06. The van der Waals surface area contributed by atoms with Crippen molar-refractivity contribution in [3.63, 3.8) is 0 Å². The molecule has 5 nitrogen and oxygen atoms in total. The lowest BCUT2D eigenvalue weighted by Crippen LogP contribution is -2.28. The van der Waals surface area contributed by atoms with Gasteiger partial charge in [-0.25, -0.2) is 13.1 Å². The van der Waals surface area contributed by atoms with Crippen molar-refractivity contribution in [2.24, 2.45) is 0 Å². The summed E-state index contributed by atoms with van der Waals surface area (Å²) in [7, 11) is -3.65. The number of hydrogen-bond donors (Lipinski definition) is 2. The van der Waals surface area contributed by atoms with E-state index in [0.717, 1.165) is 5.56 Å². The van der Waals surface area contributed by atoms with Gasteiger partial charge in [-0.3, -0.25) is 0 Å². The Bertz CT molecular complexity index is 855. The Balaban J connectivity index is 1.67. The van der Waals surface area contributed by atoms with Crippen molar-refractivity contribution in [2.75, 3.05) is 6.54 Å². The summed E-state index contributed by atoms with van der Waals surface area (Å²) in [6, 6.07) is 13.3. The molecular formula is C16H15NO4S2. The van der Waals surface area contributed by atoms with Crippen LogP contribution in [-0.4, -0.2) is 20.1 Å². The lowest BCUT2D eigenvalue weighted by molar-refractivity contribution is 0.155. The number of rotatable bonds is 6. The quantitative estimate of drug-likeness (QED) is 0.717. The maximum absolute atomic E-state index is 12.1.